The highest BCUT2D eigenvalue weighted by atomic mass is 79.9. The summed E-state index contributed by atoms with van der Waals surface area (Å²) in [6.07, 6.45) is 0. The van der Waals surface area contributed by atoms with E-state index < -0.39 is 5.97 Å². The summed E-state index contributed by atoms with van der Waals surface area (Å²) in [4.78, 5) is 20.0. The lowest BCUT2D eigenvalue weighted by Crippen LogP contribution is -2.15. The van der Waals surface area contributed by atoms with Crippen LogP contribution in [-0.2, 0) is 9.53 Å². The first-order chi connectivity index (χ1) is 11.7. The van der Waals surface area contributed by atoms with E-state index in [0.717, 1.165) is 10.0 Å². The van der Waals surface area contributed by atoms with Crippen molar-refractivity contribution in [1.29, 1.82) is 0 Å². The number of esters is 1. The van der Waals surface area contributed by atoms with Crippen molar-refractivity contribution in [2.45, 2.75) is 0 Å². The van der Waals surface area contributed by atoms with Gasteiger partial charge in [0.15, 0.2) is 5.71 Å². The number of ether oxygens (including phenoxy) is 1. The number of hydrogen-bond acceptors (Lipinski definition) is 2. The van der Waals surface area contributed by atoms with Gasteiger partial charge in [-0.3, -0.25) is 0 Å². The van der Waals surface area contributed by atoms with E-state index in [1.165, 1.54) is 7.11 Å². The van der Waals surface area contributed by atoms with Crippen molar-refractivity contribution in [2.24, 2.45) is 4.99 Å². The van der Waals surface area contributed by atoms with Gasteiger partial charge in [0.05, 0.1) is 7.11 Å². The minimum Gasteiger partial charge on any atom is -0.497 e. The summed E-state index contributed by atoms with van der Waals surface area (Å²) in [6.45, 7) is 0. The van der Waals surface area contributed by atoms with E-state index in [-0.39, 0.29) is 11.4 Å². The fourth-order valence-corrected chi connectivity index (χ4v) is 2.78. The van der Waals surface area contributed by atoms with Crippen LogP contribution in [0.1, 0.15) is 11.1 Å². The molecule has 0 bridgehead atoms. The molecule has 0 spiro atoms. The zero-order chi connectivity index (χ0) is 17.1. The molecule has 2 aromatic rings. The summed E-state index contributed by atoms with van der Waals surface area (Å²) in [5.41, 5.74) is 12.0. The first-order valence-corrected chi connectivity index (χ1v) is 7.90. The van der Waals surface area contributed by atoms with Crippen LogP contribution in [0.2, 0.25) is 0 Å². The molecule has 0 aliphatic carbocycles. The number of benzene rings is 2. The second kappa shape index (κ2) is 6.74. The van der Waals surface area contributed by atoms with Crippen LogP contribution < -0.4 is 0 Å². The zero-order valence-corrected chi connectivity index (χ0v) is 14.3. The summed E-state index contributed by atoms with van der Waals surface area (Å²) in [5, 5.41) is 0. The largest absolute Gasteiger partial charge is 0.497 e. The van der Waals surface area contributed by atoms with Gasteiger partial charge in [0.25, 0.3) is 0 Å². The normalized spacial score (nSPS) is 13.6. The molecule has 0 unspecified atom stereocenters. The Labute approximate surface area is 147 Å². The standard InChI is InChI=1S/C18H12BrN3O2/c1-24-18(23)15-14(11-7-9-13(19)10-8-11)17(22-20)21-16(15)12-5-3-2-4-6-12/h2-10H,1H3. The van der Waals surface area contributed by atoms with Crippen LogP contribution >= 0.6 is 15.9 Å². The predicted molar refractivity (Wildman–Crippen MR) is 94.7 cm³/mol. The van der Waals surface area contributed by atoms with Crippen molar-refractivity contribution < 1.29 is 14.3 Å². The average Bonchev–Trinajstić information content (AvgIpc) is 3.02. The molecule has 1 heterocycles. The molecule has 0 fully saturated rings. The Hall–Kier alpha value is -2.82. The van der Waals surface area contributed by atoms with Crippen LogP contribution in [0.4, 0.5) is 0 Å². The van der Waals surface area contributed by atoms with Crippen molar-refractivity contribution in [1.82, 2.24) is 0 Å². The van der Waals surface area contributed by atoms with Crippen LogP contribution in [0.15, 0.2) is 69.6 Å². The zero-order valence-electron chi connectivity index (χ0n) is 12.7. The molecule has 0 radical (unpaired) electrons. The molecule has 118 valence electrons. The lowest BCUT2D eigenvalue weighted by atomic mass is 9.95. The molecule has 0 N–H and O–H groups in total. The highest BCUT2D eigenvalue weighted by molar-refractivity contribution is 9.10. The summed E-state index contributed by atoms with van der Waals surface area (Å²) in [7, 11) is 1.31. The molecule has 0 atom stereocenters. The van der Waals surface area contributed by atoms with E-state index in [4.69, 9.17) is 4.74 Å². The van der Waals surface area contributed by atoms with Gasteiger partial charge in [0.1, 0.15) is 11.1 Å². The molecule has 24 heavy (non-hydrogen) atoms. The van der Waals surface area contributed by atoms with Crippen LogP contribution in [0.25, 0.3) is 11.1 Å². The van der Waals surface area contributed by atoms with Crippen LogP contribution in [-0.4, -0.2) is 29.4 Å². The maximum Gasteiger partial charge on any atom is 0.410 e. The minimum atomic E-state index is -0.533. The number of methoxy groups -OCH3 is 1. The van der Waals surface area contributed by atoms with Crippen LogP contribution in [0, 0.1) is 0 Å². The topological polar surface area (TPSA) is 75.1 Å². The third-order valence-corrected chi connectivity index (χ3v) is 4.12. The van der Waals surface area contributed by atoms with E-state index in [0.29, 0.717) is 16.8 Å². The number of carbonyl (C=O) groups excluding carboxylic acids is 1. The van der Waals surface area contributed by atoms with Crippen LogP contribution in [0.5, 0.6) is 0 Å². The summed E-state index contributed by atoms with van der Waals surface area (Å²) < 4.78 is 5.83. The van der Waals surface area contributed by atoms with Crippen LogP contribution in [0.3, 0.4) is 0 Å². The monoisotopic (exact) mass is 381 g/mol. The fourth-order valence-electron chi connectivity index (χ4n) is 2.52. The highest BCUT2D eigenvalue weighted by Crippen LogP contribution is 2.30. The molecule has 0 saturated carbocycles. The Kier molecular flexibility index (Phi) is 4.51. The van der Waals surface area contributed by atoms with E-state index >= 15 is 0 Å². The summed E-state index contributed by atoms with van der Waals surface area (Å²) in [6, 6.07) is 16.5. The fraction of sp³-hybridized carbons (Fsp3) is 0.0556. The van der Waals surface area contributed by atoms with Gasteiger partial charge in [0, 0.05) is 10.0 Å². The lowest BCUT2D eigenvalue weighted by Gasteiger charge is -2.05. The van der Waals surface area contributed by atoms with Crippen molar-refractivity contribution in [3.8, 4) is 0 Å². The van der Waals surface area contributed by atoms with E-state index in [9.17, 15) is 10.3 Å². The molecule has 1 aliphatic rings. The molecule has 1 aliphatic heterocycles. The number of aliphatic imine (C=N–C) groups is 1. The van der Waals surface area contributed by atoms with Gasteiger partial charge in [-0.1, -0.05) is 58.4 Å². The average molecular weight is 382 g/mol. The summed E-state index contributed by atoms with van der Waals surface area (Å²) in [5.74, 6) is -0.453. The number of halogens is 1. The molecule has 0 aromatic heterocycles. The van der Waals surface area contributed by atoms with Gasteiger partial charge in [-0.2, -0.15) is 0 Å². The molecule has 3 rings (SSSR count). The van der Waals surface area contributed by atoms with Crippen molar-refractivity contribution in [3.05, 3.63) is 81.3 Å². The number of carbonyl (C=O) groups is 1. The maximum atomic E-state index is 12.4. The van der Waals surface area contributed by atoms with Gasteiger partial charge in [-0.05, 0) is 22.7 Å². The van der Waals surface area contributed by atoms with E-state index in [2.05, 4.69) is 25.7 Å². The molecular formula is C18H12BrN3O2. The lowest BCUT2D eigenvalue weighted by molar-refractivity contribution is -0.135. The molecule has 6 heteroatoms. The smallest absolute Gasteiger partial charge is 0.410 e. The summed E-state index contributed by atoms with van der Waals surface area (Å²) >= 11 is 3.38. The van der Waals surface area contributed by atoms with E-state index in [1.807, 2.05) is 54.6 Å². The number of rotatable bonds is 3. The van der Waals surface area contributed by atoms with Crippen molar-refractivity contribution >= 4 is 39.0 Å². The van der Waals surface area contributed by atoms with Gasteiger partial charge in [0.2, 0.25) is 0 Å². The SMILES string of the molecule is COC(=O)C1=C(c2ccc(Br)cc2)C(=[N+]=[N-])N=C1c1ccccc1. The Morgan fingerprint density at radius 3 is 2.33 bits per heavy atom. The first kappa shape index (κ1) is 16.1. The predicted octanol–water partition coefficient (Wildman–Crippen LogP) is 3.51. The quantitative estimate of drug-likeness (QED) is 0.463. The molecule has 0 saturated heterocycles. The Bertz CT molecular complexity index is 909. The minimum absolute atomic E-state index is 0.0802. The number of amidine groups is 1. The second-order valence-electron chi connectivity index (χ2n) is 5.00. The van der Waals surface area contributed by atoms with Crippen molar-refractivity contribution in [3.63, 3.8) is 0 Å². The van der Waals surface area contributed by atoms with Gasteiger partial charge in [-0.25, -0.2) is 4.79 Å². The Morgan fingerprint density at radius 1 is 1.08 bits per heavy atom. The van der Waals surface area contributed by atoms with Gasteiger partial charge in [-0.15, -0.1) is 0 Å². The molecular weight excluding hydrogens is 370 g/mol. The highest BCUT2D eigenvalue weighted by Gasteiger charge is 2.39. The molecule has 0 amide bonds. The third-order valence-electron chi connectivity index (χ3n) is 3.59. The Morgan fingerprint density at radius 2 is 1.75 bits per heavy atom. The number of hydrogen-bond donors (Lipinski definition) is 0. The maximum absolute atomic E-state index is 12.4. The van der Waals surface area contributed by atoms with Gasteiger partial charge >= 0.3 is 11.8 Å². The van der Waals surface area contributed by atoms with Crippen molar-refractivity contribution in [2.75, 3.05) is 7.11 Å². The molecule has 2 aromatic carbocycles. The Balaban J connectivity index is 2.26. The van der Waals surface area contributed by atoms with Gasteiger partial charge < -0.3 is 15.1 Å². The second-order valence-corrected chi connectivity index (χ2v) is 5.91. The molecule has 5 nitrogen and oxygen atoms in total. The third kappa shape index (κ3) is 2.85. The first-order valence-electron chi connectivity index (χ1n) is 7.11. The number of nitrogens with zero attached hydrogens (tertiary/aromatic N) is 3. The van der Waals surface area contributed by atoms with E-state index in [1.54, 1.807) is 0 Å².